The monoisotopic (exact) mass is 496 g/mol. The summed E-state index contributed by atoms with van der Waals surface area (Å²) in [5, 5.41) is 3.86. The molecular weight excluding hydrogens is 456 g/mol. The zero-order chi connectivity index (χ0) is 24.9. The molecule has 2 rings (SSSR count). The predicted octanol–water partition coefficient (Wildman–Crippen LogP) is 8.92. The van der Waals surface area contributed by atoms with E-state index in [1.165, 1.54) is 40.7 Å². The van der Waals surface area contributed by atoms with Crippen molar-refractivity contribution < 1.29 is 0 Å². The molecule has 0 aliphatic carbocycles. The third-order valence-electron chi connectivity index (χ3n) is 6.37. The Morgan fingerprint density at radius 1 is 1.18 bits per heavy atom. The van der Waals surface area contributed by atoms with Gasteiger partial charge >= 0.3 is 0 Å². The highest BCUT2D eigenvalue weighted by molar-refractivity contribution is 7.96. The maximum atomic E-state index is 6.48. The molecule has 1 aromatic rings. The van der Waals surface area contributed by atoms with Crippen molar-refractivity contribution in [1.82, 2.24) is 9.62 Å². The lowest BCUT2D eigenvalue weighted by Gasteiger charge is -2.35. The molecule has 1 saturated heterocycles. The van der Waals surface area contributed by atoms with E-state index in [0.717, 1.165) is 31.0 Å². The first-order chi connectivity index (χ1) is 16.4. The molecular formula is C30H41ClN2S. The summed E-state index contributed by atoms with van der Waals surface area (Å²) in [5.41, 5.74) is 6.56. The topological polar surface area (TPSA) is 15.3 Å². The molecule has 0 aromatic heterocycles. The van der Waals surface area contributed by atoms with Crippen molar-refractivity contribution in [2.75, 3.05) is 19.3 Å². The number of hydrogen-bond donors (Lipinski definition) is 1. The molecule has 1 atom stereocenters. The van der Waals surface area contributed by atoms with E-state index in [2.05, 4.69) is 80.2 Å². The minimum Gasteiger partial charge on any atom is -0.368 e. The summed E-state index contributed by atoms with van der Waals surface area (Å²) in [6.07, 6.45) is 21.1. The standard InChI is InChI=1S/C30H41ClN2S/c1-7-9-10-23(3)20-30(26-15-17-33(34-6)18-16-26)29-14-13-28(31)21-27(29)19-24(4)11-12-25(5)22-32-8-2/h7-10,13-14,19-22,26,30,32H,1-2,11-12,15-18H2,3-6H3/b10-9-,23-20+,24-19+,25-22+. The van der Waals surface area contributed by atoms with Crippen molar-refractivity contribution in [3.05, 3.63) is 101 Å². The first-order valence-electron chi connectivity index (χ1n) is 12.1. The maximum Gasteiger partial charge on any atom is 0.0412 e. The fourth-order valence-corrected chi connectivity index (χ4v) is 5.19. The number of allylic oxidation sites excluding steroid dienone is 7. The highest BCUT2D eigenvalue weighted by atomic mass is 35.5. The van der Waals surface area contributed by atoms with Gasteiger partial charge in [-0.15, -0.1) is 0 Å². The van der Waals surface area contributed by atoms with Crippen LogP contribution in [0.15, 0.2) is 84.8 Å². The predicted molar refractivity (Wildman–Crippen MR) is 155 cm³/mol. The van der Waals surface area contributed by atoms with E-state index < -0.39 is 0 Å². The average molecular weight is 497 g/mol. The minimum atomic E-state index is 0.355. The van der Waals surface area contributed by atoms with Gasteiger partial charge in [-0.1, -0.05) is 89.9 Å². The van der Waals surface area contributed by atoms with Crippen LogP contribution in [0.2, 0.25) is 5.02 Å². The lowest BCUT2D eigenvalue weighted by atomic mass is 9.77. The van der Waals surface area contributed by atoms with Crippen LogP contribution in [0, 0.1) is 5.92 Å². The van der Waals surface area contributed by atoms with E-state index in [1.54, 1.807) is 6.20 Å². The zero-order valence-corrected chi connectivity index (χ0v) is 22.9. The second kappa shape index (κ2) is 15.1. The number of halogens is 1. The largest absolute Gasteiger partial charge is 0.368 e. The summed E-state index contributed by atoms with van der Waals surface area (Å²) in [6, 6.07) is 6.42. The van der Waals surface area contributed by atoms with Crippen LogP contribution in [0.1, 0.15) is 63.5 Å². The van der Waals surface area contributed by atoms with E-state index in [0.29, 0.717) is 11.8 Å². The molecule has 0 spiro atoms. The van der Waals surface area contributed by atoms with Gasteiger partial charge in [0.1, 0.15) is 0 Å². The van der Waals surface area contributed by atoms with Gasteiger partial charge in [0, 0.05) is 24.0 Å². The zero-order valence-electron chi connectivity index (χ0n) is 21.3. The summed E-state index contributed by atoms with van der Waals surface area (Å²) < 4.78 is 2.48. The molecule has 0 bridgehead atoms. The smallest absolute Gasteiger partial charge is 0.0412 e. The Morgan fingerprint density at radius 3 is 2.53 bits per heavy atom. The van der Waals surface area contributed by atoms with Crippen LogP contribution in [0.3, 0.4) is 0 Å². The molecule has 1 unspecified atom stereocenters. The van der Waals surface area contributed by atoms with Gasteiger partial charge in [0.2, 0.25) is 0 Å². The minimum absolute atomic E-state index is 0.355. The summed E-state index contributed by atoms with van der Waals surface area (Å²) in [4.78, 5) is 0. The second-order valence-corrected chi connectivity index (χ2v) is 10.4. The Labute approximate surface area is 217 Å². The van der Waals surface area contributed by atoms with Crippen LogP contribution < -0.4 is 5.32 Å². The lowest BCUT2D eigenvalue weighted by Crippen LogP contribution is -2.31. The Hall–Kier alpha value is -1.94. The summed E-state index contributed by atoms with van der Waals surface area (Å²) in [7, 11) is 0. The second-order valence-electron chi connectivity index (χ2n) is 9.11. The number of rotatable bonds is 12. The molecule has 1 aromatic carbocycles. The number of piperidine rings is 1. The molecule has 1 aliphatic rings. The van der Waals surface area contributed by atoms with Crippen LogP contribution in [0.25, 0.3) is 6.08 Å². The molecule has 34 heavy (non-hydrogen) atoms. The SMILES string of the molecule is C=C/C=C\C(C)=C\C(c1ccc(Cl)cc1/C=C(\C)CC/C(C)=C/NC=C)C1CCN(SC)CC1. The summed E-state index contributed by atoms with van der Waals surface area (Å²) >= 11 is 8.35. The highest BCUT2D eigenvalue weighted by Crippen LogP contribution is 2.39. The molecule has 1 N–H and O–H groups in total. The first-order valence-corrected chi connectivity index (χ1v) is 13.7. The van der Waals surface area contributed by atoms with Gasteiger partial charge in [0.15, 0.2) is 0 Å². The van der Waals surface area contributed by atoms with E-state index in [1.807, 2.05) is 36.4 Å². The van der Waals surface area contributed by atoms with Gasteiger partial charge < -0.3 is 5.32 Å². The molecule has 1 aliphatic heterocycles. The number of benzene rings is 1. The van der Waals surface area contributed by atoms with Crippen molar-refractivity contribution in [1.29, 1.82) is 0 Å². The molecule has 0 amide bonds. The lowest BCUT2D eigenvalue weighted by molar-refractivity contribution is 0.274. The van der Waals surface area contributed by atoms with E-state index in [4.69, 9.17) is 11.6 Å². The van der Waals surface area contributed by atoms with Gasteiger partial charge in [-0.25, -0.2) is 0 Å². The Morgan fingerprint density at radius 2 is 1.88 bits per heavy atom. The third kappa shape index (κ3) is 9.37. The van der Waals surface area contributed by atoms with Crippen molar-refractivity contribution in [2.24, 2.45) is 5.92 Å². The van der Waals surface area contributed by atoms with Crippen LogP contribution >= 0.6 is 23.5 Å². The van der Waals surface area contributed by atoms with Crippen LogP contribution in [0.4, 0.5) is 0 Å². The fraction of sp³-hybridized carbons (Fsp3) is 0.400. The van der Waals surface area contributed by atoms with Gasteiger partial charge in [0.05, 0.1) is 0 Å². The maximum absolute atomic E-state index is 6.48. The van der Waals surface area contributed by atoms with E-state index >= 15 is 0 Å². The number of nitrogens with zero attached hydrogens (tertiary/aromatic N) is 1. The molecule has 0 saturated carbocycles. The summed E-state index contributed by atoms with van der Waals surface area (Å²) in [6.45, 7) is 16.4. The van der Waals surface area contributed by atoms with Crippen LogP contribution in [-0.2, 0) is 0 Å². The van der Waals surface area contributed by atoms with Gasteiger partial charge in [-0.05, 0) is 94.3 Å². The number of nitrogens with one attached hydrogen (secondary N) is 1. The van der Waals surface area contributed by atoms with Crippen molar-refractivity contribution in [3.63, 3.8) is 0 Å². The normalized spacial score (nSPS) is 17.7. The third-order valence-corrected chi connectivity index (χ3v) is 7.49. The Bertz CT molecular complexity index is 933. The molecule has 2 nitrogen and oxygen atoms in total. The van der Waals surface area contributed by atoms with Crippen LogP contribution in [0.5, 0.6) is 0 Å². The van der Waals surface area contributed by atoms with Gasteiger partial charge in [-0.3, -0.25) is 4.31 Å². The summed E-state index contributed by atoms with van der Waals surface area (Å²) in [5.74, 6) is 0.965. The molecule has 4 heteroatoms. The van der Waals surface area contributed by atoms with Gasteiger partial charge in [-0.2, -0.15) is 0 Å². The quantitative estimate of drug-likeness (QED) is 0.229. The number of hydrogen-bond acceptors (Lipinski definition) is 3. The van der Waals surface area contributed by atoms with Gasteiger partial charge in [0.25, 0.3) is 0 Å². The van der Waals surface area contributed by atoms with Crippen molar-refractivity contribution in [2.45, 2.75) is 52.4 Å². The fourth-order valence-electron chi connectivity index (χ4n) is 4.44. The average Bonchev–Trinajstić information content (AvgIpc) is 2.84. The Kier molecular flexibility index (Phi) is 12.6. The first kappa shape index (κ1) is 28.3. The van der Waals surface area contributed by atoms with Crippen molar-refractivity contribution in [3.8, 4) is 0 Å². The van der Waals surface area contributed by atoms with Crippen LogP contribution in [-0.4, -0.2) is 23.7 Å². The highest BCUT2D eigenvalue weighted by Gasteiger charge is 2.27. The molecule has 1 fully saturated rings. The van der Waals surface area contributed by atoms with Crippen molar-refractivity contribution >= 4 is 29.6 Å². The molecule has 1 heterocycles. The molecule has 184 valence electrons. The Balaban J connectivity index is 2.39. The molecule has 0 radical (unpaired) electrons. The van der Waals surface area contributed by atoms with E-state index in [-0.39, 0.29) is 0 Å². The van der Waals surface area contributed by atoms with E-state index in [9.17, 15) is 0 Å².